The van der Waals surface area contributed by atoms with Gasteiger partial charge in [-0.1, -0.05) is 12.8 Å². The molecule has 0 aliphatic carbocycles. The molecule has 4 heteroatoms. The molecule has 1 amide bonds. The molecule has 0 spiro atoms. The monoisotopic (exact) mass is 242 g/mol. The normalized spacial score (nSPS) is 18.8. The zero-order valence-electron chi connectivity index (χ0n) is 11.0. The Kier molecular flexibility index (Phi) is 7.21. The molecule has 1 aliphatic heterocycles. The summed E-state index contributed by atoms with van der Waals surface area (Å²) in [5.74, 6) is 0.226. The third-order valence-electron chi connectivity index (χ3n) is 3.21. The van der Waals surface area contributed by atoms with Gasteiger partial charge in [-0.25, -0.2) is 0 Å². The van der Waals surface area contributed by atoms with Gasteiger partial charge < -0.3 is 15.3 Å². The van der Waals surface area contributed by atoms with Crippen LogP contribution in [-0.2, 0) is 4.79 Å². The largest absolute Gasteiger partial charge is 0.393 e. The molecule has 1 aliphatic rings. The third kappa shape index (κ3) is 6.64. The van der Waals surface area contributed by atoms with E-state index in [9.17, 15) is 4.79 Å². The number of amides is 1. The van der Waals surface area contributed by atoms with E-state index in [4.69, 9.17) is 5.11 Å². The van der Waals surface area contributed by atoms with Crippen LogP contribution in [-0.4, -0.2) is 48.2 Å². The summed E-state index contributed by atoms with van der Waals surface area (Å²) in [4.78, 5) is 13.8. The zero-order chi connectivity index (χ0) is 12.5. The number of nitrogens with zero attached hydrogens (tertiary/aromatic N) is 1. The molecular weight excluding hydrogens is 216 g/mol. The Balaban J connectivity index is 2.07. The Morgan fingerprint density at radius 3 is 2.53 bits per heavy atom. The highest BCUT2D eigenvalue weighted by Gasteiger charge is 2.14. The highest BCUT2D eigenvalue weighted by molar-refractivity contribution is 5.78. The molecule has 1 saturated heterocycles. The van der Waals surface area contributed by atoms with Gasteiger partial charge in [0.25, 0.3) is 0 Å². The lowest BCUT2D eigenvalue weighted by Crippen LogP contribution is -2.39. The molecule has 1 heterocycles. The van der Waals surface area contributed by atoms with Gasteiger partial charge in [0, 0.05) is 13.1 Å². The van der Waals surface area contributed by atoms with E-state index in [0.29, 0.717) is 6.54 Å². The first-order chi connectivity index (χ1) is 8.20. The van der Waals surface area contributed by atoms with Crippen LogP contribution in [0.4, 0.5) is 0 Å². The summed E-state index contributed by atoms with van der Waals surface area (Å²) in [5, 5.41) is 12.2. The molecule has 1 fully saturated rings. The van der Waals surface area contributed by atoms with E-state index in [2.05, 4.69) is 5.32 Å². The number of hydrogen-bond donors (Lipinski definition) is 2. The molecule has 1 atom stereocenters. The van der Waals surface area contributed by atoms with Gasteiger partial charge >= 0.3 is 0 Å². The van der Waals surface area contributed by atoms with E-state index in [1.165, 1.54) is 12.8 Å². The molecule has 0 saturated carbocycles. The van der Waals surface area contributed by atoms with Crippen LogP contribution >= 0.6 is 0 Å². The zero-order valence-corrected chi connectivity index (χ0v) is 11.0. The molecular formula is C13H26N2O2. The van der Waals surface area contributed by atoms with Crippen LogP contribution in [0.15, 0.2) is 0 Å². The summed E-state index contributed by atoms with van der Waals surface area (Å²) in [5.41, 5.74) is 0. The minimum Gasteiger partial charge on any atom is -0.393 e. The fourth-order valence-electron chi connectivity index (χ4n) is 2.15. The Hall–Kier alpha value is -0.610. The Bertz CT molecular complexity index is 211. The summed E-state index contributed by atoms with van der Waals surface area (Å²) < 4.78 is 0. The maximum Gasteiger partial charge on any atom is 0.236 e. The maximum atomic E-state index is 11.9. The maximum absolute atomic E-state index is 11.9. The predicted octanol–water partition coefficient (Wildman–Crippen LogP) is 1.14. The van der Waals surface area contributed by atoms with Crippen molar-refractivity contribution in [3.8, 4) is 0 Å². The molecule has 0 aromatic rings. The number of nitrogens with one attached hydrogen (secondary N) is 1. The van der Waals surface area contributed by atoms with E-state index in [1.54, 1.807) is 6.92 Å². The molecule has 4 nitrogen and oxygen atoms in total. The van der Waals surface area contributed by atoms with Crippen molar-refractivity contribution in [2.75, 3.05) is 26.2 Å². The van der Waals surface area contributed by atoms with Crippen molar-refractivity contribution in [1.29, 1.82) is 0 Å². The van der Waals surface area contributed by atoms with Crippen molar-refractivity contribution < 1.29 is 9.90 Å². The Morgan fingerprint density at radius 1 is 1.29 bits per heavy atom. The van der Waals surface area contributed by atoms with Crippen molar-refractivity contribution in [3.63, 3.8) is 0 Å². The summed E-state index contributed by atoms with van der Waals surface area (Å²) >= 11 is 0. The average Bonchev–Trinajstić information content (AvgIpc) is 2.56. The minimum atomic E-state index is -0.238. The van der Waals surface area contributed by atoms with Gasteiger partial charge in [-0.3, -0.25) is 4.79 Å². The molecule has 1 unspecified atom stereocenters. The smallest absolute Gasteiger partial charge is 0.236 e. The summed E-state index contributed by atoms with van der Waals surface area (Å²) in [7, 11) is 0. The quantitative estimate of drug-likeness (QED) is 0.687. The van der Waals surface area contributed by atoms with Crippen LogP contribution in [0.1, 0.15) is 45.4 Å². The van der Waals surface area contributed by atoms with Crippen molar-refractivity contribution in [2.45, 2.75) is 51.6 Å². The topological polar surface area (TPSA) is 52.6 Å². The van der Waals surface area contributed by atoms with Gasteiger partial charge in [-0.15, -0.1) is 0 Å². The lowest BCUT2D eigenvalue weighted by Gasteiger charge is -2.20. The van der Waals surface area contributed by atoms with Crippen LogP contribution < -0.4 is 5.32 Å². The van der Waals surface area contributed by atoms with Crippen LogP contribution in [0, 0.1) is 0 Å². The Morgan fingerprint density at radius 2 is 1.94 bits per heavy atom. The second kappa shape index (κ2) is 8.48. The molecule has 0 bridgehead atoms. The number of likely N-dealkylation sites (tertiary alicyclic amines) is 1. The first-order valence-electron chi connectivity index (χ1n) is 6.86. The van der Waals surface area contributed by atoms with E-state index >= 15 is 0 Å². The standard InChI is InChI=1S/C13H26N2O2/c1-12(16)7-6-8-14-11-13(17)15-9-4-2-3-5-10-15/h12,14,16H,2-11H2,1H3. The fraction of sp³-hybridized carbons (Fsp3) is 0.923. The first kappa shape index (κ1) is 14.5. The molecule has 2 N–H and O–H groups in total. The number of aliphatic hydroxyl groups is 1. The second-order valence-electron chi connectivity index (χ2n) is 4.96. The second-order valence-corrected chi connectivity index (χ2v) is 4.96. The van der Waals surface area contributed by atoms with Gasteiger partial charge in [-0.05, 0) is 39.2 Å². The highest BCUT2D eigenvalue weighted by Crippen LogP contribution is 2.09. The fourth-order valence-corrected chi connectivity index (χ4v) is 2.15. The van der Waals surface area contributed by atoms with Crippen LogP contribution in [0.25, 0.3) is 0 Å². The SMILES string of the molecule is CC(O)CCCNCC(=O)N1CCCCCC1. The van der Waals surface area contributed by atoms with Crippen molar-refractivity contribution in [2.24, 2.45) is 0 Å². The number of rotatable bonds is 6. The molecule has 17 heavy (non-hydrogen) atoms. The highest BCUT2D eigenvalue weighted by atomic mass is 16.3. The summed E-state index contributed by atoms with van der Waals surface area (Å²) in [6.07, 6.45) is 6.28. The van der Waals surface area contributed by atoms with Crippen LogP contribution in [0.5, 0.6) is 0 Å². The van der Waals surface area contributed by atoms with Crippen LogP contribution in [0.2, 0.25) is 0 Å². The first-order valence-corrected chi connectivity index (χ1v) is 6.86. The van der Waals surface area contributed by atoms with E-state index in [0.717, 1.165) is 45.3 Å². The number of carbonyl (C=O) groups is 1. The average molecular weight is 242 g/mol. The van der Waals surface area contributed by atoms with Gasteiger partial charge in [0.1, 0.15) is 0 Å². The van der Waals surface area contributed by atoms with E-state index in [-0.39, 0.29) is 12.0 Å². The third-order valence-corrected chi connectivity index (χ3v) is 3.21. The molecule has 0 aromatic heterocycles. The molecule has 1 rings (SSSR count). The number of carbonyl (C=O) groups excluding carboxylic acids is 1. The van der Waals surface area contributed by atoms with Crippen molar-refractivity contribution in [3.05, 3.63) is 0 Å². The van der Waals surface area contributed by atoms with Gasteiger partial charge in [-0.2, -0.15) is 0 Å². The predicted molar refractivity (Wildman–Crippen MR) is 68.8 cm³/mol. The van der Waals surface area contributed by atoms with Crippen LogP contribution in [0.3, 0.4) is 0 Å². The molecule has 0 radical (unpaired) electrons. The van der Waals surface area contributed by atoms with Gasteiger partial charge in [0.15, 0.2) is 0 Å². The summed E-state index contributed by atoms with van der Waals surface area (Å²) in [6.45, 7) is 4.90. The number of aliphatic hydroxyl groups excluding tert-OH is 1. The number of hydrogen-bond acceptors (Lipinski definition) is 3. The van der Waals surface area contributed by atoms with Crippen molar-refractivity contribution in [1.82, 2.24) is 10.2 Å². The van der Waals surface area contributed by atoms with E-state index in [1.807, 2.05) is 4.90 Å². The minimum absolute atomic E-state index is 0.226. The molecule has 100 valence electrons. The lowest BCUT2D eigenvalue weighted by atomic mass is 10.2. The summed E-state index contributed by atoms with van der Waals surface area (Å²) in [6, 6.07) is 0. The van der Waals surface area contributed by atoms with Crippen molar-refractivity contribution >= 4 is 5.91 Å². The Labute approximate surface area is 104 Å². The lowest BCUT2D eigenvalue weighted by molar-refractivity contribution is -0.130. The van der Waals surface area contributed by atoms with Gasteiger partial charge in [0.2, 0.25) is 5.91 Å². The molecule has 0 aromatic carbocycles. The van der Waals surface area contributed by atoms with E-state index < -0.39 is 0 Å². The van der Waals surface area contributed by atoms with Gasteiger partial charge in [0.05, 0.1) is 12.6 Å².